The molecule has 1 aliphatic heterocycles. The molecule has 0 spiro atoms. The van der Waals surface area contributed by atoms with Crippen molar-refractivity contribution in [1.82, 2.24) is 10.2 Å². The SMILES string of the molecule is CCC(CC)C(=O)N1CC[C@@](C)(O)[C@@H](NC(=O)C2CCCC2)[C@@H]1c1ccccc1. The highest BCUT2D eigenvalue weighted by atomic mass is 16.3. The molecule has 5 heteroatoms. The number of amides is 2. The van der Waals surface area contributed by atoms with Crippen LogP contribution in [0.4, 0.5) is 0 Å². The molecule has 1 heterocycles. The van der Waals surface area contributed by atoms with Crippen molar-refractivity contribution in [3.63, 3.8) is 0 Å². The molecule has 2 N–H and O–H groups in total. The van der Waals surface area contributed by atoms with Crippen molar-refractivity contribution in [3.05, 3.63) is 35.9 Å². The van der Waals surface area contributed by atoms with Crippen LogP contribution in [0.2, 0.25) is 0 Å². The summed E-state index contributed by atoms with van der Waals surface area (Å²) in [5.74, 6) is 0.132. The molecule has 0 bridgehead atoms. The molecule has 1 saturated heterocycles. The molecule has 2 aliphatic rings. The Kier molecular flexibility index (Phi) is 6.99. The van der Waals surface area contributed by atoms with Gasteiger partial charge in [0.15, 0.2) is 0 Å². The molecule has 1 saturated carbocycles. The fourth-order valence-corrected chi connectivity index (χ4v) is 5.00. The fraction of sp³-hybridized carbons (Fsp3) is 0.667. The Hall–Kier alpha value is -1.88. The smallest absolute Gasteiger partial charge is 0.226 e. The van der Waals surface area contributed by atoms with E-state index in [2.05, 4.69) is 5.32 Å². The van der Waals surface area contributed by atoms with Gasteiger partial charge in [-0.3, -0.25) is 9.59 Å². The van der Waals surface area contributed by atoms with Crippen LogP contribution in [0.25, 0.3) is 0 Å². The number of likely N-dealkylation sites (tertiary alicyclic amines) is 1. The van der Waals surface area contributed by atoms with Crippen LogP contribution in [0.3, 0.4) is 0 Å². The van der Waals surface area contributed by atoms with Crippen LogP contribution in [0.15, 0.2) is 30.3 Å². The van der Waals surface area contributed by atoms with Crippen molar-refractivity contribution in [2.24, 2.45) is 11.8 Å². The largest absolute Gasteiger partial charge is 0.388 e. The van der Waals surface area contributed by atoms with Crippen molar-refractivity contribution in [2.75, 3.05) is 6.54 Å². The molecule has 3 rings (SSSR count). The van der Waals surface area contributed by atoms with Gasteiger partial charge in [0.05, 0.1) is 17.7 Å². The highest BCUT2D eigenvalue weighted by Gasteiger charge is 2.48. The molecule has 2 amide bonds. The minimum atomic E-state index is -1.07. The zero-order valence-corrected chi connectivity index (χ0v) is 18.1. The Morgan fingerprint density at radius 1 is 1.17 bits per heavy atom. The predicted molar refractivity (Wildman–Crippen MR) is 114 cm³/mol. The van der Waals surface area contributed by atoms with E-state index in [1.54, 1.807) is 6.92 Å². The average Bonchev–Trinajstić information content (AvgIpc) is 3.25. The number of carbonyl (C=O) groups is 2. The van der Waals surface area contributed by atoms with Gasteiger partial charge in [-0.05, 0) is 44.6 Å². The second kappa shape index (κ2) is 9.29. The third kappa shape index (κ3) is 4.66. The fourth-order valence-electron chi connectivity index (χ4n) is 5.00. The highest BCUT2D eigenvalue weighted by molar-refractivity contribution is 5.81. The lowest BCUT2D eigenvalue weighted by Crippen LogP contribution is -2.64. The van der Waals surface area contributed by atoms with Crippen molar-refractivity contribution in [1.29, 1.82) is 0 Å². The molecule has 0 unspecified atom stereocenters. The van der Waals surface area contributed by atoms with Gasteiger partial charge < -0.3 is 15.3 Å². The number of carbonyl (C=O) groups excluding carboxylic acids is 2. The third-order valence-corrected chi connectivity index (χ3v) is 6.96. The van der Waals surface area contributed by atoms with Gasteiger partial charge in [-0.25, -0.2) is 0 Å². The Morgan fingerprint density at radius 2 is 1.79 bits per heavy atom. The summed E-state index contributed by atoms with van der Waals surface area (Å²) in [4.78, 5) is 28.3. The highest BCUT2D eigenvalue weighted by Crippen LogP contribution is 2.39. The maximum absolute atomic E-state index is 13.4. The van der Waals surface area contributed by atoms with Crippen LogP contribution in [0.1, 0.15) is 77.3 Å². The van der Waals surface area contributed by atoms with Gasteiger partial charge in [-0.2, -0.15) is 0 Å². The monoisotopic (exact) mass is 400 g/mol. The van der Waals surface area contributed by atoms with E-state index in [1.807, 2.05) is 49.1 Å². The van der Waals surface area contributed by atoms with E-state index in [-0.39, 0.29) is 29.7 Å². The minimum absolute atomic E-state index is 0.0190. The van der Waals surface area contributed by atoms with Gasteiger partial charge >= 0.3 is 0 Å². The van der Waals surface area contributed by atoms with Crippen molar-refractivity contribution >= 4 is 11.8 Å². The molecule has 1 aliphatic carbocycles. The summed E-state index contributed by atoms with van der Waals surface area (Å²) in [7, 11) is 0. The van der Waals surface area contributed by atoms with E-state index in [4.69, 9.17) is 0 Å². The second-order valence-corrected chi connectivity index (χ2v) is 8.98. The molecule has 3 atom stereocenters. The lowest BCUT2D eigenvalue weighted by molar-refractivity contribution is -0.150. The lowest BCUT2D eigenvalue weighted by atomic mass is 9.78. The first-order valence-electron chi connectivity index (χ1n) is 11.3. The van der Waals surface area contributed by atoms with Crippen molar-refractivity contribution < 1.29 is 14.7 Å². The van der Waals surface area contributed by atoms with Crippen LogP contribution in [0.5, 0.6) is 0 Å². The minimum Gasteiger partial charge on any atom is -0.388 e. The molecule has 160 valence electrons. The average molecular weight is 401 g/mol. The first-order chi connectivity index (χ1) is 13.9. The maximum atomic E-state index is 13.4. The zero-order valence-electron chi connectivity index (χ0n) is 18.1. The van der Waals surface area contributed by atoms with Crippen LogP contribution in [-0.4, -0.2) is 40.0 Å². The molecule has 0 radical (unpaired) electrons. The number of rotatable bonds is 6. The Morgan fingerprint density at radius 3 is 2.38 bits per heavy atom. The predicted octanol–water partition coefficient (Wildman–Crippen LogP) is 3.82. The molecular formula is C24H36N2O3. The third-order valence-electron chi connectivity index (χ3n) is 6.96. The van der Waals surface area contributed by atoms with E-state index in [9.17, 15) is 14.7 Å². The quantitative estimate of drug-likeness (QED) is 0.763. The van der Waals surface area contributed by atoms with Gasteiger partial charge in [-0.15, -0.1) is 0 Å². The van der Waals surface area contributed by atoms with Crippen LogP contribution in [0, 0.1) is 11.8 Å². The summed E-state index contributed by atoms with van der Waals surface area (Å²) in [6.45, 7) is 6.38. The van der Waals surface area contributed by atoms with E-state index in [1.165, 1.54) is 0 Å². The summed E-state index contributed by atoms with van der Waals surface area (Å²) in [6.07, 6.45) is 6.03. The first kappa shape index (κ1) is 21.8. The number of nitrogens with zero attached hydrogens (tertiary/aromatic N) is 1. The van der Waals surface area contributed by atoms with Gasteiger partial charge in [0.25, 0.3) is 0 Å². The number of aliphatic hydroxyl groups is 1. The number of benzene rings is 1. The van der Waals surface area contributed by atoms with E-state index >= 15 is 0 Å². The molecule has 1 aromatic rings. The van der Waals surface area contributed by atoms with Crippen molar-refractivity contribution in [3.8, 4) is 0 Å². The summed E-state index contributed by atoms with van der Waals surface area (Å²) in [5, 5.41) is 14.4. The number of piperidine rings is 1. The zero-order chi connectivity index (χ0) is 21.0. The topological polar surface area (TPSA) is 69.6 Å². The van der Waals surface area contributed by atoms with E-state index in [0.29, 0.717) is 13.0 Å². The van der Waals surface area contributed by atoms with E-state index < -0.39 is 11.6 Å². The molecule has 0 aromatic heterocycles. The van der Waals surface area contributed by atoms with Gasteiger partial charge in [0, 0.05) is 18.4 Å². The van der Waals surface area contributed by atoms with Crippen molar-refractivity contribution in [2.45, 2.75) is 83.4 Å². The number of nitrogens with one attached hydrogen (secondary N) is 1. The maximum Gasteiger partial charge on any atom is 0.226 e. The molecule has 5 nitrogen and oxygen atoms in total. The van der Waals surface area contributed by atoms with Crippen LogP contribution < -0.4 is 5.32 Å². The molecule has 2 fully saturated rings. The normalized spacial score (nSPS) is 28.0. The summed E-state index contributed by atoms with van der Waals surface area (Å²) >= 11 is 0. The number of hydrogen-bond acceptors (Lipinski definition) is 3. The van der Waals surface area contributed by atoms with Gasteiger partial charge in [0.2, 0.25) is 11.8 Å². The van der Waals surface area contributed by atoms with Crippen LogP contribution in [-0.2, 0) is 9.59 Å². The Bertz CT molecular complexity index is 693. The Balaban J connectivity index is 1.96. The Labute approximate surface area is 174 Å². The second-order valence-electron chi connectivity index (χ2n) is 8.98. The summed E-state index contributed by atoms with van der Waals surface area (Å²) in [6, 6.07) is 8.96. The van der Waals surface area contributed by atoms with E-state index in [0.717, 1.165) is 44.1 Å². The lowest BCUT2D eigenvalue weighted by Gasteiger charge is -2.50. The van der Waals surface area contributed by atoms with Gasteiger partial charge in [-0.1, -0.05) is 57.0 Å². The standard InChI is InChI=1S/C24H36N2O3/c1-4-17(5-2)23(28)26-16-15-24(3,29)21(20(26)18-11-7-6-8-12-18)25-22(27)19-13-9-10-14-19/h6-8,11-12,17,19-21,29H,4-5,9-10,13-16H2,1-3H3,(H,25,27)/t20-,21-,24+/m0/s1. The van der Waals surface area contributed by atoms with Crippen LogP contribution >= 0.6 is 0 Å². The first-order valence-corrected chi connectivity index (χ1v) is 11.3. The molecule has 1 aromatic carbocycles. The molecule has 29 heavy (non-hydrogen) atoms. The number of hydrogen-bond donors (Lipinski definition) is 2. The molecular weight excluding hydrogens is 364 g/mol. The summed E-state index contributed by atoms with van der Waals surface area (Å²) in [5.41, 5.74) is -0.108. The summed E-state index contributed by atoms with van der Waals surface area (Å²) < 4.78 is 0. The van der Waals surface area contributed by atoms with Gasteiger partial charge in [0.1, 0.15) is 0 Å².